The molecule has 5 nitrogen and oxygen atoms in total. The van der Waals surface area contributed by atoms with Crippen molar-refractivity contribution in [3.8, 4) is 0 Å². The van der Waals surface area contributed by atoms with Crippen LogP contribution in [0.3, 0.4) is 0 Å². The van der Waals surface area contributed by atoms with Crippen LogP contribution in [0.1, 0.15) is 5.56 Å². The molecule has 0 saturated carbocycles. The number of rotatable bonds is 1. The monoisotopic (exact) mass is 339 g/mol. The summed E-state index contributed by atoms with van der Waals surface area (Å²) in [5.74, 6) is -1.03. The van der Waals surface area contributed by atoms with Crippen molar-refractivity contribution in [2.75, 3.05) is 38.5 Å². The zero-order valence-corrected chi connectivity index (χ0v) is 13.2. The van der Waals surface area contributed by atoms with Gasteiger partial charge in [-0.25, -0.2) is 0 Å². The lowest BCUT2D eigenvalue weighted by Crippen LogP contribution is -2.50. The van der Waals surface area contributed by atoms with E-state index in [0.717, 1.165) is 23.1 Å². The van der Waals surface area contributed by atoms with Crippen LogP contribution in [0.25, 0.3) is 0 Å². The molecule has 108 valence electrons. The van der Waals surface area contributed by atoms with Gasteiger partial charge in [0.05, 0.1) is 0 Å². The van der Waals surface area contributed by atoms with Crippen LogP contribution < -0.4 is 5.32 Å². The highest BCUT2D eigenvalue weighted by Gasteiger charge is 2.24. The average Bonchev–Trinajstić information content (AvgIpc) is 2.43. The number of carbonyl (C=O) groups excluding carboxylic acids is 2. The van der Waals surface area contributed by atoms with Gasteiger partial charge in [-0.1, -0.05) is 15.9 Å². The van der Waals surface area contributed by atoms with Gasteiger partial charge < -0.3 is 15.1 Å². The number of aryl methyl sites for hydroxylation is 1. The fourth-order valence-electron chi connectivity index (χ4n) is 2.06. The lowest BCUT2D eigenvalue weighted by atomic mass is 10.2. The number of nitrogens with one attached hydrogen (secondary N) is 1. The van der Waals surface area contributed by atoms with Crippen LogP contribution in [0.15, 0.2) is 22.7 Å². The van der Waals surface area contributed by atoms with Crippen molar-refractivity contribution in [3.05, 3.63) is 28.2 Å². The van der Waals surface area contributed by atoms with E-state index in [0.29, 0.717) is 18.8 Å². The summed E-state index contributed by atoms with van der Waals surface area (Å²) in [4.78, 5) is 27.7. The maximum atomic E-state index is 12.0. The van der Waals surface area contributed by atoms with Crippen LogP contribution in [0, 0.1) is 6.92 Å². The molecule has 1 N–H and O–H groups in total. The van der Waals surface area contributed by atoms with E-state index in [2.05, 4.69) is 26.1 Å². The van der Waals surface area contributed by atoms with E-state index in [9.17, 15) is 9.59 Å². The molecule has 2 amide bonds. The summed E-state index contributed by atoms with van der Waals surface area (Å²) in [7, 11) is 2.01. The van der Waals surface area contributed by atoms with E-state index in [4.69, 9.17) is 0 Å². The van der Waals surface area contributed by atoms with E-state index < -0.39 is 11.8 Å². The number of piperazine rings is 1. The zero-order valence-electron chi connectivity index (χ0n) is 11.6. The predicted octanol–water partition coefficient (Wildman–Crippen LogP) is 1.47. The minimum atomic E-state index is -0.573. The number of halogens is 1. The van der Waals surface area contributed by atoms with Crippen LogP contribution >= 0.6 is 15.9 Å². The van der Waals surface area contributed by atoms with Crippen molar-refractivity contribution in [3.63, 3.8) is 0 Å². The van der Waals surface area contributed by atoms with Crippen molar-refractivity contribution in [2.24, 2.45) is 0 Å². The van der Waals surface area contributed by atoms with Gasteiger partial charge in [0.25, 0.3) is 0 Å². The number of likely N-dealkylation sites (N-methyl/N-ethyl adjacent to an activating group) is 1. The van der Waals surface area contributed by atoms with E-state index in [1.807, 2.05) is 26.1 Å². The van der Waals surface area contributed by atoms with Gasteiger partial charge in [0.1, 0.15) is 0 Å². The SMILES string of the molecule is Cc1cc(NC(=O)C(=O)N2CCN(C)CC2)ccc1Br. The number of hydrogen-bond donors (Lipinski definition) is 1. The van der Waals surface area contributed by atoms with E-state index in [-0.39, 0.29) is 0 Å². The first-order valence-electron chi connectivity index (χ1n) is 6.52. The van der Waals surface area contributed by atoms with Crippen molar-refractivity contribution in [1.82, 2.24) is 9.80 Å². The molecule has 0 aromatic heterocycles. The molecule has 1 fully saturated rings. The summed E-state index contributed by atoms with van der Waals surface area (Å²) in [6.45, 7) is 4.74. The van der Waals surface area contributed by atoms with Gasteiger partial charge in [-0.15, -0.1) is 0 Å². The van der Waals surface area contributed by atoms with Gasteiger partial charge in [0.2, 0.25) is 0 Å². The van der Waals surface area contributed by atoms with Crippen molar-refractivity contribution >= 4 is 33.4 Å². The van der Waals surface area contributed by atoms with Gasteiger partial charge in [-0.3, -0.25) is 9.59 Å². The number of nitrogens with zero attached hydrogens (tertiary/aromatic N) is 2. The molecule has 1 aromatic rings. The fraction of sp³-hybridized carbons (Fsp3) is 0.429. The largest absolute Gasteiger partial charge is 0.332 e. The number of carbonyl (C=O) groups is 2. The maximum Gasteiger partial charge on any atom is 0.313 e. The van der Waals surface area contributed by atoms with Crippen molar-refractivity contribution in [1.29, 1.82) is 0 Å². The Morgan fingerprint density at radius 3 is 2.45 bits per heavy atom. The van der Waals surface area contributed by atoms with Gasteiger partial charge in [-0.2, -0.15) is 0 Å². The summed E-state index contributed by atoms with van der Waals surface area (Å²) in [6.07, 6.45) is 0. The third kappa shape index (κ3) is 3.58. The third-order valence-corrected chi connectivity index (χ3v) is 4.29. The first kappa shape index (κ1) is 15.0. The highest BCUT2D eigenvalue weighted by Crippen LogP contribution is 2.20. The predicted molar refractivity (Wildman–Crippen MR) is 81.6 cm³/mol. The molecule has 6 heteroatoms. The van der Waals surface area contributed by atoms with E-state index in [1.165, 1.54) is 0 Å². The Bertz CT molecular complexity index is 525. The Morgan fingerprint density at radius 1 is 1.20 bits per heavy atom. The topological polar surface area (TPSA) is 52.7 Å². The Hall–Kier alpha value is -1.40. The Morgan fingerprint density at radius 2 is 1.85 bits per heavy atom. The van der Waals surface area contributed by atoms with Gasteiger partial charge in [0, 0.05) is 36.3 Å². The first-order valence-corrected chi connectivity index (χ1v) is 7.31. The van der Waals surface area contributed by atoms with Crippen molar-refractivity contribution < 1.29 is 9.59 Å². The third-order valence-electron chi connectivity index (χ3n) is 3.40. The van der Waals surface area contributed by atoms with Gasteiger partial charge in [-0.05, 0) is 37.7 Å². The molecule has 20 heavy (non-hydrogen) atoms. The summed E-state index contributed by atoms with van der Waals surface area (Å²) in [6, 6.07) is 5.46. The van der Waals surface area contributed by atoms with Crippen LogP contribution in [0.4, 0.5) is 5.69 Å². The molecule has 2 rings (SSSR count). The second-order valence-electron chi connectivity index (χ2n) is 5.01. The number of anilines is 1. The van der Waals surface area contributed by atoms with E-state index in [1.54, 1.807) is 11.0 Å². The van der Waals surface area contributed by atoms with E-state index >= 15 is 0 Å². The summed E-state index contributed by atoms with van der Waals surface area (Å²) in [5.41, 5.74) is 1.65. The Kier molecular flexibility index (Phi) is 4.77. The molecule has 1 heterocycles. The minimum absolute atomic E-state index is 0.460. The molecule has 0 unspecified atom stereocenters. The summed E-state index contributed by atoms with van der Waals surface area (Å²) < 4.78 is 0.973. The molecule has 1 aromatic carbocycles. The van der Waals surface area contributed by atoms with Crippen LogP contribution in [0.5, 0.6) is 0 Å². The summed E-state index contributed by atoms with van der Waals surface area (Å²) >= 11 is 3.40. The lowest BCUT2D eigenvalue weighted by molar-refractivity contribution is -0.144. The second-order valence-corrected chi connectivity index (χ2v) is 5.87. The minimum Gasteiger partial charge on any atom is -0.332 e. The first-order chi connectivity index (χ1) is 9.47. The molecule has 0 aliphatic carbocycles. The average molecular weight is 340 g/mol. The van der Waals surface area contributed by atoms with Crippen LogP contribution in [-0.2, 0) is 9.59 Å². The Balaban J connectivity index is 1.97. The normalized spacial score (nSPS) is 16.1. The molecule has 0 spiro atoms. The molecule has 1 aliphatic heterocycles. The Labute approximate surface area is 127 Å². The van der Waals surface area contributed by atoms with Gasteiger partial charge in [0.15, 0.2) is 0 Å². The molecular formula is C14H18BrN3O2. The highest BCUT2D eigenvalue weighted by molar-refractivity contribution is 9.10. The number of amides is 2. The van der Waals surface area contributed by atoms with Crippen molar-refractivity contribution in [2.45, 2.75) is 6.92 Å². The van der Waals surface area contributed by atoms with Gasteiger partial charge >= 0.3 is 11.8 Å². The summed E-state index contributed by atoms with van der Waals surface area (Å²) in [5, 5.41) is 2.65. The second kappa shape index (κ2) is 6.37. The standard InChI is InChI=1S/C14H18BrN3O2/c1-10-9-11(3-4-12(10)15)16-13(19)14(20)18-7-5-17(2)6-8-18/h3-4,9H,5-8H2,1-2H3,(H,16,19). The maximum absolute atomic E-state index is 12.0. The molecule has 0 atom stereocenters. The highest BCUT2D eigenvalue weighted by atomic mass is 79.9. The molecule has 0 radical (unpaired) electrons. The zero-order chi connectivity index (χ0) is 14.7. The molecule has 1 saturated heterocycles. The van der Waals surface area contributed by atoms with Crippen LogP contribution in [0.2, 0.25) is 0 Å². The number of benzene rings is 1. The fourth-order valence-corrected chi connectivity index (χ4v) is 2.31. The lowest BCUT2D eigenvalue weighted by Gasteiger charge is -2.31. The molecule has 1 aliphatic rings. The van der Waals surface area contributed by atoms with Crippen LogP contribution in [-0.4, -0.2) is 54.8 Å². The quantitative estimate of drug-likeness (QED) is 0.788. The molecular weight excluding hydrogens is 322 g/mol. The molecule has 0 bridgehead atoms. The number of hydrogen-bond acceptors (Lipinski definition) is 3. The smallest absolute Gasteiger partial charge is 0.313 e.